The van der Waals surface area contributed by atoms with Gasteiger partial charge in [-0.15, -0.1) is 0 Å². The summed E-state index contributed by atoms with van der Waals surface area (Å²) in [7, 11) is 0. The van der Waals surface area contributed by atoms with Crippen molar-refractivity contribution in [2.75, 3.05) is 6.61 Å². The highest BCUT2D eigenvalue weighted by Gasteiger charge is 2.85. The maximum Gasteiger partial charge on any atom is 0.460 e. The smallest absolute Gasteiger partial charge is 0.318 e. The lowest BCUT2D eigenvalue weighted by atomic mass is 9.99. The van der Waals surface area contributed by atoms with E-state index in [1.54, 1.807) is 0 Å². The van der Waals surface area contributed by atoms with Crippen molar-refractivity contribution in [3.63, 3.8) is 0 Å². The Labute approximate surface area is 115 Å². The van der Waals surface area contributed by atoms with Crippen LogP contribution in [0, 0.1) is 6.92 Å². The lowest BCUT2D eigenvalue weighted by Crippen LogP contribution is -2.66. The summed E-state index contributed by atoms with van der Waals surface area (Å²) >= 11 is 0. The Morgan fingerprint density at radius 3 is 1.50 bits per heavy atom. The van der Waals surface area contributed by atoms with Crippen molar-refractivity contribution in [3.05, 3.63) is 6.92 Å². The summed E-state index contributed by atoms with van der Waals surface area (Å²) in [5.41, 5.74) is 0. The first-order valence-corrected chi connectivity index (χ1v) is 5.12. The van der Waals surface area contributed by atoms with Crippen molar-refractivity contribution < 1.29 is 57.4 Å². The van der Waals surface area contributed by atoms with Gasteiger partial charge in [0.05, 0.1) is 6.61 Å². The summed E-state index contributed by atoms with van der Waals surface area (Å²) < 4.78 is 153. The van der Waals surface area contributed by atoms with E-state index in [0.717, 1.165) is 0 Å². The third kappa shape index (κ3) is 3.38. The molecule has 1 nitrogen and oxygen atoms in total. The van der Waals surface area contributed by atoms with Crippen LogP contribution in [0.3, 0.4) is 0 Å². The fourth-order valence-corrected chi connectivity index (χ4v) is 1.04. The Hall–Kier alpha value is -0.880. The SMILES string of the molecule is [CH2]CCOC(F)(F)C(F)C(F)(F)C(F)(F)C(F)(F)C(F)(F)F. The van der Waals surface area contributed by atoms with Crippen molar-refractivity contribution in [2.45, 2.75) is 42.6 Å². The second-order valence-corrected chi connectivity index (χ2v) is 3.90. The molecule has 133 valence electrons. The van der Waals surface area contributed by atoms with E-state index in [-0.39, 0.29) is 0 Å². The molecule has 0 fully saturated rings. The van der Waals surface area contributed by atoms with Crippen LogP contribution in [0.15, 0.2) is 0 Å². The molecule has 0 N–H and O–H groups in total. The second-order valence-electron chi connectivity index (χ2n) is 3.90. The van der Waals surface area contributed by atoms with Crippen LogP contribution in [0.4, 0.5) is 52.7 Å². The zero-order chi connectivity index (χ0) is 18.2. The first kappa shape index (κ1) is 21.1. The van der Waals surface area contributed by atoms with E-state index < -0.39 is 49.3 Å². The quantitative estimate of drug-likeness (QED) is 0.603. The molecule has 0 aliphatic heterocycles. The summed E-state index contributed by atoms with van der Waals surface area (Å²) in [5.74, 6) is -22.0. The molecule has 0 rings (SSSR count). The number of hydrogen-bond donors (Lipinski definition) is 0. The normalized spacial score (nSPS) is 16.8. The number of halogens is 12. The van der Waals surface area contributed by atoms with E-state index in [4.69, 9.17) is 0 Å². The van der Waals surface area contributed by atoms with E-state index in [1.807, 2.05) is 0 Å². The van der Waals surface area contributed by atoms with Gasteiger partial charge < -0.3 is 4.74 Å². The maximum atomic E-state index is 12.9. The van der Waals surface area contributed by atoms with Crippen LogP contribution >= 0.6 is 0 Å². The molecule has 1 atom stereocenters. The Balaban J connectivity index is 5.70. The summed E-state index contributed by atoms with van der Waals surface area (Å²) in [4.78, 5) is 0. The predicted octanol–water partition coefficient (Wildman–Crippen LogP) is 4.63. The van der Waals surface area contributed by atoms with Crippen molar-refractivity contribution in [3.8, 4) is 0 Å². The van der Waals surface area contributed by atoms with Crippen molar-refractivity contribution in [1.29, 1.82) is 0 Å². The van der Waals surface area contributed by atoms with Crippen LogP contribution in [0.25, 0.3) is 0 Å². The molecule has 1 radical (unpaired) electrons. The molecule has 0 heterocycles. The van der Waals surface area contributed by atoms with Crippen LogP contribution < -0.4 is 0 Å². The number of alkyl halides is 12. The summed E-state index contributed by atoms with van der Waals surface area (Å²) in [6.45, 7) is 1.60. The predicted molar refractivity (Wildman–Crippen MR) is 46.7 cm³/mol. The van der Waals surface area contributed by atoms with Gasteiger partial charge in [0.25, 0.3) is 6.17 Å². The second kappa shape index (κ2) is 5.96. The van der Waals surface area contributed by atoms with E-state index in [9.17, 15) is 52.7 Å². The molecule has 0 aliphatic rings. The Kier molecular flexibility index (Phi) is 5.72. The van der Waals surface area contributed by atoms with Gasteiger partial charge in [-0.2, -0.15) is 48.3 Å². The van der Waals surface area contributed by atoms with E-state index >= 15 is 0 Å². The lowest BCUT2D eigenvalue weighted by molar-refractivity contribution is -0.421. The minimum Gasteiger partial charge on any atom is -0.318 e. The molecule has 0 bridgehead atoms. The van der Waals surface area contributed by atoms with Crippen molar-refractivity contribution in [1.82, 2.24) is 0 Å². The maximum absolute atomic E-state index is 12.9. The Morgan fingerprint density at radius 2 is 1.18 bits per heavy atom. The number of rotatable bonds is 7. The summed E-state index contributed by atoms with van der Waals surface area (Å²) in [6.07, 6.45) is -19.0. The van der Waals surface area contributed by atoms with Crippen LogP contribution in [-0.2, 0) is 4.74 Å². The van der Waals surface area contributed by atoms with Crippen LogP contribution in [0.1, 0.15) is 6.42 Å². The van der Waals surface area contributed by atoms with Gasteiger partial charge in [-0.05, 0) is 6.42 Å². The molecule has 0 spiro atoms. The average Bonchev–Trinajstić information content (AvgIpc) is 2.33. The molecule has 1 unspecified atom stereocenters. The van der Waals surface area contributed by atoms with E-state index in [1.165, 1.54) is 0 Å². The molecule has 0 aromatic carbocycles. The van der Waals surface area contributed by atoms with E-state index in [0.29, 0.717) is 0 Å². The van der Waals surface area contributed by atoms with E-state index in [2.05, 4.69) is 11.7 Å². The van der Waals surface area contributed by atoms with Crippen LogP contribution in [0.2, 0.25) is 0 Å². The largest absolute Gasteiger partial charge is 0.460 e. The molecule has 0 saturated heterocycles. The number of hydrogen-bond acceptors (Lipinski definition) is 1. The highest BCUT2D eigenvalue weighted by molar-refractivity contribution is 5.05. The molecule has 0 aliphatic carbocycles. The molecule has 0 amide bonds. The lowest BCUT2D eigenvalue weighted by Gasteiger charge is -2.36. The molecule has 13 heteroatoms. The number of ether oxygens (including phenoxy) is 1. The molecule has 22 heavy (non-hydrogen) atoms. The molecular formula is C9H7F12O. The summed E-state index contributed by atoms with van der Waals surface area (Å²) in [5, 5.41) is 0. The standard InChI is InChI=1S/C9H7F12O/c1-2-3-22-6(13,14)4(10)5(11,12)7(15,16)8(17,18)9(19,20)21/h4H,1-3H2. The molecule has 0 aromatic heterocycles. The highest BCUT2D eigenvalue weighted by atomic mass is 19.4. The van der Waals surface area contributed by atoms with Crippen LogP contribution in [-0.4, -0.2) is 42.8 Å². The minimum atomic E-state index is -7.49. The van der Waals surface area contributed by atoms with Gasteiger partial charge in [-0.25, -0.2) is 4.39 Å². The molecular weight excluding hydrogens is 352 g/mol. The van der Waals surface area contributed by atoms with Gasteiger partial charge in [0.15, 0.2) is 0 Å². The first-order valence-electron chi connectivity index (χ1n) is 5.12. The zero-order valence-electron chi connectivity index (χ0n) is 10.1. The fourth-order valence-electron chi connectivity index (χ4n) is 1.04. The summed E-state index contributed by atoms with van der Waals surface area (Å²) in [6, 6.07) is 0. The fraction of sp³-hybridized carbons (Fsp3) is 0.889. The topological polar surface area (TPSA) is 9.23 Å². The van der Waals surface area contributed by atoms with Gasteiger partial charge in [0, 0.05) is 0 Å². The monoisotopic (exact) mass is 359 g/mol. The highest BCUT2D eigenvalue weighted by Crippen LogP contribution is 2.56. The molecule has 0 aromatic rings. The zero-order valence-corrected chi connectivity index (χ0v) is 10.1. The molecule has 0 saturated carbocycles. The Morgan fingerprint density at radius 1 is 0.773 bits per heavy atom. The van der Waals surface area contributed by atoms with Crippen molar-refractivity contribution in [2.24, 2.45) is 0 Å². The average molecular weight is 359 g/mol. The Bertz CT molecular complexity index is 373. The van der Waals surface area contributed by atoms with Gasteiger partial charge in [-0.1, -0.05) is 6.92 Å². The van der Waals surface area contributed by atoms with Gasteiger partial charge in [-0.3, -0.25) is 0 Å². The van der Waals surface area contributed by atoms with Gasteiger partial charge in [0.1, 0.15) is 0 Å². The first-order chi connectivity index (χ1) is 9.47. The van der Waals surface area contributed by atoms with Crippen molar-refractivity contribution >= 4 is 0 Å². The third-order valence-electron chi connectivity index (χ3n) is 2.22. The van der Waals surface area contributed by atoms with Gasteiger partial charge >= 0.3 is 30.1 Å². The van der Waals surface area contributed by atoms with Gasteiger partial charge in [0.2, 0.25) is 0 Å². The van der Waals surface area contributed by atoms with Crippen LogP contribution in [0.5, 0.6) is 0 Å². The third-order valence-corrected chi connectivity index (χ3v) is 2.22. The minimum absolute atomic E-state index is 0.580.